The molecule has 0 bridgehead atoms. The monoisotopic (exact) mass is 551 g/mol. The summed E-state index contributed by atoms with van der Waals surface area (Å²) in [7, 11) is 0. The van der Waals surface area contributed by atoms with Crippen LogP contribution in [0.25, 0.3) is 0 Å². The van der Waals surface area contributed by atoms with Gasteiger partial charge in [0, 0.05) is 24.7 Å². The maximum absolute atomic E-state index is 12.5. The van der Waals surface area contributed by atoms with E-state index in [0.29, 0.717) is 17.9 Å². The summed E-state index contributed by atoms with van der Waals surface area (Å²) < 4.78 is 21.6. The summed E-state index contributed by atoms with van der Waals surface area (Å²) in [6.07, 6.45) is -0.650. The molecule has 1 aromatic carbocycles. The van der Waals surface area contributed by atoms with E-state index in [2.05, 4.69) is 0 Å². The van der Waals surface area contributed by atoms with Crippen LogP contribution in [0.4, 0.5) is 4.79 Å². The molecular weight excluding hydrogens is 506 g/mol. The Morgan fingerprint density at radius 3 is 1.85 bits per heavy atom. The highest BCUT2D eigenvalue weighted by atomic mass is 16.7. The predicted molar refractivity (Wildman–Crippen MR) is 145 cm³/mol. The Balaban J connectivity index is 3.34. The predicted octanol–water partition coefficient (Wildman–Crippen LogP) is 5.31. The molecule has 0 aliphatic rings. The highest BCUT2D eigenvalue weighted by Gasteiger charge is 2.36. The van der Waals surface area contributed by atoms with Crippen molar-refractivity contribution in [1.82, 2.24) is 0 Å². The Morgan fingerprint density at radius 1 is 0.821 bits per heavy atom. The summed E-state index contributed by atoms with van der Waals surface area (Å²) in [5, 5.41) is 9.75. The van der Waals surface area contributed by atoms with Gasteiger partial charge < -0.3 is 29.8 Å². The lowest BCUT2D eigenvalue weighted by molar-refractivity contribution is -0.140. The molecule has 0 amide bonds. The highest BCUT2D eigenvalue weighted by molar-refractivity contribution is 5.77. The third-order valence-electron chi connectivity index (χ3n) is 6.13. The van der Waals surface area contributed by atoms with Gasteiger partial charge in [-0.3, -0.25) is 14.4 Å². The second-order valence-electron chi connectivity index (χ2n) is 11.2. The Labute approximate surface area is 231 Å². The number of nitrogens with two attached hydrogens (primary N) is 1. The van der Waals surface area contributed by atoms with Gasteiger partial charge in [0.15, 0.2) is 11.5 Å². The molecule has 39 heavy (non-hydrogen) atoms. The fraction of sp³-hybridized carbons (Fsp3) is 0.655. The summed E-state index contributed by atoms with van der Waals surface area (Å²) in [6, 6.07) is 3.09. The number of rotatable bonds is 15. The number of hydrogen-bond acceptors (Lipinski definition) is 9. The van der Waals surface area contributed by atoms with Crippen molar-refractivity contribution in [2.24, 2.45) is 29.4 Å². The first kappa shape index (κ1) is 33.9. The molecule has 10 nitrogen and oxygen atoms in total. The molecule has 1 aromatic rings. The largest absolute Gasteiger partial charge is 0.508 e. The Bertz CT molecular complexity index is 974. The van der Waals surface area contributed by atoms with Gasteiger partial charge >= 0.3 is 24.1 Å². The first-order valence-electron chi connectivity index (χ1n) is 13.5. The molecule has 0 heterocycles. The zero-order valence-corrected chi connectivity index (χ0v) is 24.4. The number of benzene rings is 1. The number of hydrogen-bond donors (Lipinski definition) is 2. The van der Waals surface area contributed by atoms with Gasteiger partial charge in [-0.05, 0) is 48.8 Å². The molecule has 0 saturated carbocycles. The quantitative estimate of drug-likeness (QED) is 0.217. The number of carboxylic acid groups (broad SMARTS) is 1. The van der Waals surface area contributed by atoms with Gasteiger partial charge in [0.05, 0.1) is 6.61 Å². The normalized spacial score (nSPS) is 14.5. The number of aliphatic carboxylic acids is 1. The van der Waals surface area contributed by atoms with E-state index in [4.69, 9.17) is 24.7 Å². The van der Waals surface area contributed by atoms with E-state index in [-0.39, 0.29) is 42.8 Å². The Hall–Kier alpha value is -3.14. The van der Waals surface area contributed by atoms with Crippen LogP contribution in [0.2, 0.25) is 0 Å². The van der Waals surface area contributed by atoms with Crippen molar-refractivity contribution in [1.29, 1.82) is 0 Å². The van der Waals surface area contributed by atoms with Crippen LogP contribution in [-0.4, -0.2) is 47.9 Å². The molecule has 1 rings (SSSR count). The van der Waals surface area contributed by atoms with Crippen molar-refractivity contribution in [3.05, 3.63) is 23.8 Å². The van der Waals surface area contributed by atoms with Crippen LogP contribution in [-0.2, 0) is 23.9 Å². The van der Waals surface area contributed by atoms with Crippen molar-refractivity contribution in [2.75, 3.05) is 6.61 Å². The zero-order valence-electron chi connectivity index (χ0n) is 24.4. The van der Waals surface area contributed by atoms with Gasteiger partial charge in [0.2, 0.25) is 0 Å². The van der Waals surface area contributed by atoms with Crippen molar-refractivity contribution < 1.29 is 43.2 Å². The third-order valence-corrected chi connectivity index (χ3v) is 6.13. The number of carbonyl (C=O) groups excluding carboxylic acids is 3. The maximum atomic E-state index is 12.5. The topological polar surface area (TPSA) is 151 Å². The molecule has 0 spiro atoms. The van der Waals surface area contributed by atoms with Crippen molar-refractivity contribution in [3.8, 4) is 11.5 Å². The standard InChI is InChI=1S/C29H45NO9/c1-16(2)11-12-36-29(35)37-20(8)19(7)26(27(30)28(33)34)21-9-10-22(38-24(31)13-17(3)4)23(15-21)39-25(32)14-18(5)6/h9-10,15-20,26-27H,11-14,30H2,1-8H3,(H,33,34)/t19?,20?,26?,27-/m0/s1. The first-order valence-corrected chi connectivity index (χ1v) is 13.5. The molecule has 4 atom stereocenters. The second kappa shape index (κ2) is 16.1. The van der Waals surface area contributed by atoms with Crippen molar-refractivity contribution >= 4 is 24.1 Å². The number of esters is 2. The van der Waals surface area contributed by atoms with E-state index in [1.54, 1.807) is 19.9 Å². The smallest absolute Gasteiger partial charge is 0.480 e. The lowest BCUT2D eigenvalue weighted by Crippen LogP contribution is -2.42. The molecular formula is C29H45NO9. The number of carbonyl (C=O) groups is 4. The zero-order chi connectivity index (χ0) is 29.9. The minimum atomic E-state index is -1.38. The SMILES string of the molecule is CC(C)CCOC(=O)OC(C)C(C)C(c1ccc(OC(=O)CC(C)C)c(OC(=O)CC(C)C)c1)[C@H](N)C(=O)O. The minimum absolute atomic E-state index is 0.0216. The average molecular weight is 552 g/mol. The summed E-state index contributed by atoms with van der Waals surface area (Å²) in [5.41, 5.74) is 6.52. The molecule has 0 aromatic heterocycles. The second-order valence-corrected chi connectivity index (χ2v) is 11.2. The third kappa shape index (κ3) is 12.1. The van der Waals surface area contributed by atoms with Crippen molar-refractivity contribution in [3.63, 3.8) is 0 Å². The van der Waals surface area contributed by atoms with E-state index in [0.717, 1.165) is 0 Å². The van der Waals surface area contributed by atoms with Gasteiger partial charge in [-0.15, -0.1) is 0 Å². The van der Waals surface area contributed by atoms with E-state index in [1.165, 1.54) is 12.1 Å². The van der Waals surface area contributed by atoms with Crippen LogP contribution < -0.4 is 15.2 Å². The Kier molecular flexibility index (Phi) is 14.0. The number of carboxylic acids is 1. The van der Waals surface area contributed by atoms with E-state index in [9.17, 15) is 24.3 Å². The fourth-order valence-corrected chi connectivity index (χ4v) is 3.85. The van der Waals surface area contributed by atoms with Crippen molar-refractivity contribution in [2.45, 2.75) is 92.7 Å². The van der Waals surface area contributed by atoms with Crippen LogP contribution in [0, 0.1) is 23.7 Å². The van der Waals surface area contributed by atoms with Gasteiger partial charge in [-0.1, -0.05) is 54.5 Å². The summed E-state index contributed by atoms with van der Waals surface area (Å²) in [6.45, 7) is 15.0. The fourth-order valence-electron chi connectivity index (χ4n) is 3.85. The molecule has 0 saturated heterocycles. The molecule has 0 aliphatic carbocycles. The van der Waals surface area contributed by atoms with Crippen LogP contribution in [0.5, 0.6) is 11.5 Å². The molecule has 0 radical (unpaired) electrons. The van der Waals surface area contributed by atoms with Gasteiger partial charge in [-0.25, -0.2) is 4.79 Å². The molecule has 3 N–H and O–H groups in total. The average Bonchev–Trinajstić information content (AvgIpc) is 2.79. The van der Waals surface area contributed by atoms with Crippen LogP contribution in [0.15, 0.2) is 18.2 Å². The lowest BCUT2D eigenvalue weighted by Gasteiger charge is -2.31. The molecule has 0 aliphatic heterocycles. The lowest BCUT2D eigenvalue weighted by atomic mass is 9.79. The number of ether oxygens (including phenoxy) is 4. The molecule has 3 unspecified atom stereocenters. The summed E-state index contributed by atoms with van der Waals surface area (Å²) >= 11 is 0. The van der Waals surface area contributed by atoms with Crippen LogP contribution in [0.1, 0.15) is 86.1 Å². The van der Waals surface area contributed by atoms with Gasteiger partial charge in [0.1, 0.15) is 12.1 Å². The van der Waals surface area contributed by atoms with Crippen LogP contribution in [0.3, 0.4) is 0 Å². The molecule has 10 heteroatoms. The maximum Gasteiger partial charge on any atom is 0.508 e. The van der Waals surface area contributed by atoms with Crippen LogP contribution >= 0.6 is 0 Å². The van der Waals surface area contributed by atoms with E-state index < -0.39 is 48.0 Å². The van der Waals surface area contributed by atoms with E-state index >= 15 is 0 Å². The molecule has 0 fully saturated rings. The molecule has 220 valence electrons. The Morgan fingerprint density at radius 2 is 1.36 bits per heavy atom. The van der Waals surface area contributed by atoms with Gasteiger partial charge in [0.25, 0.3) is 0 Å². The first-order chi connectivity index (χ1) is 18.1. The summed E-state index contributed by atoms with van der Waals surface area (Å²) in [4.78, 5) is 49.0. The minimum Gasteiger partial charge on any atom is -0.480 e. The van der Waals surface area contributed by atoms with Gasteiger partial charge in [-0.2, -0.15) is 0 Å². The van der Waals surface area contributed by atoms with E-state index in [1.807, 2.05) is 41.5 Å². The highest BCUT2D eigenvalue weighted by Crippen LogP contribution is 2.37. The summed E-state index contributed by atoms with van der Waals surface area (Å²) in [5.74, 6) is -3.28.